The van der Waals surface area contributed by atoms with Gasteiger partial charge in [-0.05, 0) is 66.6 Å². The number of carbonyl (C=O) groups is 2. The number of esters is 1. The maximum atomic E-state index is 12.4. The molecule has 0 spiro atoms. The van der Waals surface area contributed by atoms with Crippen molar-refractivity contribution < 1.29 is 23.8 Å². The van der Waals surface area contributed by atoms with Gasteiger partial charge in [0, 0.05) is 5.56 Å². The molecule has 0 bridgehead atoms. The van der Waals surface area contributed by atoms with Crippen LogP contribution in [-0.4, -0.2) is 32.3 Å². The van der Waals surface area contributed by atoms with Crippen LogP contribution in [0.5, 0.6) is 17.2 Å². The molecule has 1 amide bonds. The number of rotatable bonds is 7. The fourth-order valence-electron chi connectivity index (χ4n) is 2.79. The minimum absolute atomic E-state index is 0.268. The van der Waals surface area contributed by atoms with Crippen molar-refractivity contribution in [2.45, 2.75) is 6.92 Å². The normalized spacial score (nSPS) is 10.5. The number of ether oxygens (including phenoxy) is 3. The molecule has 7 heteroatoms. The number of nitrogens with one attached hydrogen (secondary N) is 1. The third-order valence-electron chi connectivity index (χ3n) is 4.49. The van der Waals surface area contributed by atoms with Crippen molar-refractivity contribution in [1.82, 2.24) is 5.43 Å². The van der Waals surface area contributed by atoms with Crippen LogP contribution in [0, 0.1) is 6.92 Å². The lowest BCUT2D eigenvalue weighted by Gasteiger charge is -2.10. The van der Waals surface area contributed by atoms with Crippen LogP contribution in [0.3, 0.4) is 0 Å². The smallest absolute Gasteiger partial charge is 0.343 e. The number of benzene rings is 3. The van der Waals surface area contributed by atoms with E-state index in [1.54, 1.807) is 61.7 Å². The molecule has 1 N–H and O–H groups in total. The first kappa shape index (κ1) is 21.6. The van der Waals surface area contributed by atoms with Gasteiger partial charge in [0.25, 0.3) is 5.91 Å². The van der Waals surface area contributed by atoms with Crippen molar-refractivity contribution in [3.8, 4) is 17.2 Å². The van der Waals surface area contributed by atoms with Gasteiger partial charge in [0.1, 0.15) is 5.75 Å². The Morgan fingerprint density at radius 1 is 0.903 bits per heavy atom. The molecule has 0 unspecified atom stereocenters. The fourth-order valence-corrected chi connectivity index (χ4v) is 2.79. The molecule has 0 heterocycles. The van der Waals surface area contributed by atoms with Crippen molar-refractivity contribution in [2.24, 2.45) is 5.10 Å². The Kier molecular flexibility index (Phi) is 7.01. The zero-order valence-corrected chi connectivity index (χ0v) is 17.4. The standard InChI is InChI=1S/C24H22N2O5/c1-16-6-4-5-7-20(16)23(27)26-25-15-17-8-13-21(22(14-17)30-3)31-24(28)18-9-11-19(29-2)12-10-18/h4-15H,1-3H3,(H,26,27)/b25-15+. The van der Waals surface area contributed by atoms with E-state index < -0.39 is 5.97 Å². The highest BCUT2D eigenvalue weighted by atomic mass is 16.6. The average Bonchev–Trinajstić information content (AvgIpc) is 2.80. The maximum Gasteiger partial charge on any atom is 0.343 e. The third kappa shape index (κ3) is 5.48. The molecule has 3 aromatic carbocycles. The van der Waals surface area contributed by atoms with E-state index in [4.69, 9.17) is 14.2 Å². The average molecular weight is 418 g/mol. The van der Waals surface area contributed by atoms with Gasteiger partial charge in [0.05, 0.1) is 26.0 Å². The molecule has 0 aliphatic rings. The van der Waals surface area contributed by atoms with Gasteiger partial charge in [-0.25, -0.2) is 10.2 Å². The Morgan fingerprint density at radius 3 is 2.32 bits per heavy atom. The summed E-state index contributed by atoms with van der Waals surface area (Å²) in [6, 6.07) is 18.8. The lowest BCUT2D eigenvalue weighted by Crippen LogP contribution is -2.18. The summed E-state index contributed by atoms with van der Waals surface area (Å²) in [6.45, 7) is 1.86. The Balaban J connectivity index is 1.67. The van der Waals surface area contributed by atoms with Crippen molar-refractivity contribution >= 4 is 18.1 Å². The predicted molar refractivity (Wildman–Crippen MR) is 117 cm³/mol. The Morgan fingerprint density at radius 2 is 1.65 bits per heavy atom. The summed E-state index contributed by atoms with van der Waals surface area (Å²) in [5.74, 6) is 0.451. The van der Waals surface area contributed by atoms with Crippen LogP contribution in [0.1, 0.15) is 31.8 Å². The monoisotopic (exact) mass is 418 g/mol. The van der Waals surface area contributed by atoms with E-state index in [1.165, 1.54) is 13.3 Å². The molecule has 31 heavy (non-hydrogen) atoms. The molecule has 0 atom stereocenters. The largest absolute Gasteiger partial charge is 0.497 e. The van der Waals surface area contributed by atoms with E-state index in [2.05, 4.69) is 10.5 Å². The molecule has 0 fully saturated rings. The number of hydrogen-bond acceptors (Lipinski definition) is 6. The van der Waals surface area contributed by atoms with E-state index in [9.17, 15) is 9.59 Å². The van der Waals surface area contributed by atoms with Crippen LogP contribution in [0.15, 0.2) is 71.8 Å². The molecule has 0 saturated heterocycles. The second-order valence-corrected chi connectivity index (χ2v) is 6.54. The van der Waals surface area contributed by atoms with Crippen LogP contribution >= 0.6 is 0 Å². The SMILES string of the molecule is COc1ccc(C(=O)Oc2ccc(/C=N/NC(=O)c3ccccc3C)cc2OC)cc1. The van der Waals surface area contributed by atoms with Gasteiger partial charge < -0.3 is 14.2 Å². The molecule has 3 aromatic rings. The number of methoxy groups -OCH3 is 2. The van der Waals surface area contributed by atoms with Gasteiger partial charge in [-0.2, -0.15) is 5.10 Å². The summed E-state index contributed by atoms with van der Waals surface area (Å²) >= 11 is 0. The van der Waals surface area contributed by atoms with Crippen molar-refractivity contribution in [1.29, 1.82) is 0 Å². The number of hydrogen-bond donors (Lipinski definition) is 1. The van der Waals surface area contributed by atoms with Gasteiger partial charge in [0.2, 0.25) is 0 Å². The van der Waals surface area contributed by atoms with E-state index in [-0.39, 0.29) is 11.7 Å². The highest BCUT2D eigenvalue weighted by molar-refractivity contribution is 5.96. The summed E-state index contributed by atoms with van der Waals surface area (Å²) < 4.78 is 15.9. The second kappa shape index (κ2) is 10.1. The zero-order chi connectivity index (χ0) is 22.2. The van der Waals surface area contributed by atoms with Gasteiger partial charge in [-0.1, -0.05) is 18.2 Å². The van der Waals surface area contributed by atoms with Crippen LogP contribution in [-0.2, 0) is 0 Å². The first-order valence-electron chi connectivity index (χ1n) is 9.45. The van der Waals surface area contributed by atoms with E-state index in [0.717, 1.165) is 5.56 Å². The highest BCUT2D eigenvalue weighted by Gasteiger charge is 2.13. The molecule has 158 valence electrons. The maximum absolute atomic E-state index is 12.4. The minimum atomic E-state index is -0.520. The fraction of sp³-hybridized carbons (Fsp3) is 0.125. The Labute approximate surface area is 180 Å². The van der Waals surface area contributed by atoms with E-state index in [1.807, 2.05) is 19.1 Å². The Bertz CT molecular complexity index is 1110. The first-order valence-corrected chi connectivity index (χ1v) is 9.45. The number of nitrogens with zero attached hydrogens (tertiary/aromatic N) is 1. The molecular weight excluding hydrogens is 396 g/mol. The van der Waals surface area contributed by atoms with Crippen molar-refractivity contribution in [3.63, 3.8) is 0 Å². The lowest BCUT2D eigenvalue weighted by atomic mass is 10.1. The summed E-state index contributed by atoms with van der Waals surface area (Å²) in [5.41, 5.74) is 4.95. The summed E-state index contributed by atoms with van der Waals surface area (Å²) in [6.07, 6.45) is 1.48. The molecular formula is C24H22N2O5. The zero-order valence-electron chi connectivity index (χ0n) is 17.4. The summed E-state index contributed by atoms with van der Waals surface area (Å²) in [7, 11) is 3.03. The second-order valence-electron chi connectivity index (χ2n) is 6.54. The quantitative estimate of drug-likeness (QED) is 0.271. The molecule has 0 aliphatic heterocycles. The first-order chi connectivity index (χ1) is 15.0. The topological polar surface area (TPSA) is 86.2 Å². The lowest BCUT2D eigenvalue weighted by molar-refractivity contribution is 0.0729. The molecule has 0 saturated carbocycles. The van der Waals surface area contributed by atoms with Gasteiger partial charge in [-0.3, -0.25) is 4.79 Å². The third-order valence-corrected chi connectivity index (χ3v) is 4.49. The molecule has 0 aromatic heterocycles. The summed E-state index contributed by atoms with van der Waals surface area (Å²) in [4.78, 5) is 24.6. The summed E-state index contributed by atoms with van der Waals surface area (Å²) in [5, 5.41) is 3.99. The van der Waals surface area contributed by atoms with Crippen LogP contribution in [0.25, 0.3) is 0 Å². The molecule has 3 rings (SSSR count). The molecule has 0 radical (unpaired) electrons. The minimum Gasteiger partial charge on any atom is -0.497 e. The van der Waals surface area contributed by atoms with Crippen LogP contribution < -0.4 is 19.6 Å². The number of aryl methyl sites for hydroxylation is 1. The van der Waals surface area contributed by atoms with Gasteiger partial charge in [0.15, 0.2) is 11.5 Å². The number of amides is 1. The molecule has 7 nitrogen and oxygen atoms in total. The van der Waals surface area contributed by atoms with E-state index in [0.29, 0.717) is 28.2 Å². The predicted octanol–water partition coefficient (Wildman–Crippen LogP) is 4.00. The van der Waals surface area contributed by atoms with Crippen LogP contribution in [0.2, 0.25) is 0 Å². The van der Waals surface area contributed by atoms with E-state index >= 15 is 0 Å². The van der Waals surface area contributed by atoms with Crippen LogP contribution in [0.4, 0.5) is 0 Å². The molecule has 0 aliphatic carbocycles. The highest BCUT2D eigenvalue weighted by Crippen LogP contribution is 2.28. The van der Waals surface area contributed by atoms with Gasteiger partial charge >= 0.3 is 5.97 Å². The Hall–Kier alpha value is -4.13. The van der Waals surface area contributed by atoms with Crippen molar-refractivity contribution in [2.75, 3.05) is 14.2 Å². The number of hydrazone groups is 1. The van der Waals surface area contributed by atoms with Crippen molar-refractivity contribution in [3.05, 3.63) is 89.0 Å². The van der Waals surface area contributed by atoms with Gasteiger partial charge in [-0.15, -0.1) is 0 Å². The number of carbonyl (C=O) groups excluding carboxylic acids is 2.